The van der Waals surface area contributed by atoms with E-state index in [-0.39, 0.29) is 5.82 Å². The van der Waals surface area contributed by atoms with Crippen molar-refractivity contribution in [1.82, 2.24) is 5.32 Å². The van der Waals surface area contributed by atoms with Gasteiger partial charge in [0.15, 0.2) is 0 Å². The predicted molar refractivity (Wildman–Crippen MR) is 65.0 cm³/mol. The van der Waals surface area contributed by atoms with Gasteiger partial charge >= 0.3 is 0 Å². The van der Waals surface area contributed by atoms with E-state index in [2.05, 4.69) is 19.2 Å². The average Bonchev–Trinajstić information content (AvgIpc) is 2.29. The number of rotatable bonds is 2. The van der Waals surface area contributed by atoms with Crippen molar-refractivity contribution in [3.8, 4) is 0 Å². The highest BCUT2D eigenvalue weighted by atomic mass is 19.1. The van der Waals surface area contributed by atoms with Gasteiger partial charge in [-0.1, -0.05) is 32.0 Å². The first-order valence-electron chi connectivity index (χ1n) is 6.15. The van der Waals surface area contributed by atoms with Crippen LogP contribution in [0, 0.1) is 17.7 Å². The molecule has 2 rings (SSSR count). The van der Waals surface area contributed by atoms with Crippen LogP contribution in [0.2, 0.25) is 0 Å². The van der Waals surface area contributed by atoms with Crippen molar-refractivity contribution in [2.45, 2.75) is 26.2 Å². The average molecular weight is 221 g/mol. The molecule has 0 bridgehead atoms. The van der Waals surface area contributed by atoms with Crippen molar-refractivity contribution in [2.24, 2.45) is 11.8 Å². The highest BCUT2D eigenvalue weighted by Crippen LogP contribution is 2.35. The molecule has 1 aromatic rings. The molecule has 0 aromatic heterocycles. The van der Waals surface area contributed by atoms with Crippen molar-refractivity contribution in [1.29, 1.82) is 0 Å². The topological polar surface area (TPSA) is 12.0 Å². The molecule has 0 spiro atoms. The summed E-state index contributed by atoms with van der Waals surface area (Å²) in [7, 11) is 0. The van der Waals surface area contributed by atoms with E-state index < -0.39 is 0 Å². The van der Waals surface area contributed by atoms with Gasteiger partial charge in [-0.25, -0.2) is 4.39 Å². The molecule has 1 aliphatic rings. The van der Waals surface area contributed by atoms with Gasteiger partial charge in [-0.05, 0) is 48.9 Å². The van der Waals surface area contributed by atoms with E-state index in [0.29, 0.717) is 17.8 Å². The van der Waals surface area contributed by atoms with Crippen LogP contribution >= 0.6 is 0 Å². The summed E-state index contributed by atoms with van der Waals surface area (Å²) in [6.07, 6.45) is 1.05. The highest BCUT2D eigenvalue weighted by Gasteiger charge is 2.29. The van der Waals surface area contributed by atoms with Gasteiger partial charge < -0.3 is 5.32 Å². The second kappa shape index (κ2) is 4.96. The zero-order chi connectivity index (χ0) is 11.5. The Morgan fingerprint density at radius 2 is 2.06 bits per heavy atom. The Morgan fingerprint density at radius 3 is 2.75 bits per heavy atom. The van der Waals surface area contributed by atoms with Crippen LogP contribution in [0.4, 0.5) is 4.39 Å². The lowest BCUT2D eigenvalue weighted by molar-refractivity contribution is 0.251. The van der Waals surface area contributed by atoms with E-state index >= 15 is 0 Å². The third kappa shape index (κ3) is 2.27. The molecular formula is C14H20FN. The molecule has 16 heavy (non-hydrogen) atoms. The van der Waals surface area contributed by atoms with E-state index in [1.807, 2.05) is 12.1 Å². The summed E-state index contributed by atoms with van der Waals surface area (Å²) < 4.78 is 13.8. The fraction of sp³-hybridized carbons (Fsp3) is 0.571. The number of benzene rings is 1. The van der Waals surface area contributed by atoms with Crippen LogP contribution < -0.4 is 5.32 Å². The molecule has 2 atom stereocenters. The summed E-state index contributed by atoms with van der Waals surface area (Å²) in [6.45, 7) is 6.47. The van der Waals surface area contributed by atoms with Gasteiger partial charge in [-0.3, -0.25) is 0 Å². The Balaban J connectivity index is 2.27. The molecular weight excluding hydrogens is 201 g/mol. The Hall–Kier alpha value is -0.890. The van der Waals surface area contributed by atoms with Gasteiger partial charge in [0.25, 0.3) is 0 Å². The third-order valence-electron chi connectivity index (χ3n) is 3.69. The van der Waals surface area contributed by atoms with E-state index in [9.17, 15) is 4.39 Å². The lowest BCUT2D eigenvalue weighted by atomic mass is 9.75. The highest BCUT2D eigenvalue weighted by molar-refractivity contribution is 5.23. The van der Waals surface area contributed by atoms with Gasteiger partial charge in [-0.15, -0.1) is 0 Å². The Bertz CT molecular complexity index is 348. The molecule has 0 saturated carbocycles. The Morgan fingerprint density at radius 1 is 1.31 bits per heavy atom. The Kier molecular flexibility index (Phi) is 3.59. The first-order valence-corrected chi connectivity index (χ1v) is 6.15. The van der Waals surface area contributed by atoms with Gasteiger partial charge in [-0.2, -0.15) is 0 Å². The van der Waals surface area contributed by atoms with Gasteiger partial charge in [0.2, 0.25) is 0 Å². The number of hydrogen-bond acceptors (Lipinski definition) is 1. The lowest BCUT2D eigenvalue weighted by Crippen LogP contribution is -2.38. The summed E-state index contributed by atoms with van der Waals surface area (Å²) in [6, 6.07) is 7.23. The first-order chi connectivity index (χ1) is 7.70. The standard InChI is InChI=1S/C14H20FN/c1-10(2)13-9-16-8-7-11(13)12-5-3-4-6-14(12)15/h3-6,10-11,13,16H,7-9H2,1-2H3. The molecule has 1 aliphatic heterocycles. The fourth-order valence-corrected chi connectivity index (χ4v) is 2.74. The molecule has 0 aliphatic carbocycles. The van der Waals surface area contributed by atoms with E-state index in [4.69, 9.17) is 0 Å². The molecule has 2 unspecified atom stereocenters. The quantitative estimate of drug-likeness (QED) is 0.808. The molecule has 2 heteroatoms. The minimum Gasteiger partial charge on any atom is -0.316 e. The van der Waals surface area contributed by atoms with Gasteiger partial charge in [0.05, 0.1) is 0 Å². The zero-order valence-electron chi connectivity index (χ0n) is 10.0. The minimum absolute atomic E-state index is 0.0416. The van der Waals surface area contributed by atoms with Crippen LogP contribution in [0.1, 0.15) is 31.7 Å². The molecule has 1 N–H and O–H groups in total. The lowest BCUT2D eigenvalue weighted by Gasteiger charge is -2.35. The fourth-order valence-electron chi connectivity index (χ4n) is 2.74. The maximum absolute atomic E-state index is 13.8. The maximum atomic E-state index is 13.8. The summed E-state index contributed by atoms with van der Waals surface area (Å²) >= 11 is 0. The second-order valence-electron chi connectivity index (χ2n) is 5.03. The Labute approximate surface area is 97.1 Å². The first kappa shape index (κ1) is 11.6. The summed E-state index contributed by atoms with van der Waals surface area (Å²) in [5.41, 5.74) is 0.905. The molecule has 1 aromatic carbocycles. The molecule has 1 saturated heterocycles. The van der Waals surface area contributed by atoms with Crippen molar-refractivity contribution < 1.29 is 4.39 Å². The van der Waals surface area contributed by atoms with Crippen molar-refractivity contribution >= 4 is 0 Å². The van der Waals surface area contributed by atoms with E-state index in [1.54, 1.807) is 12.1 Å². The van der Waals surface area contributed by atoms with Crippen molar-refractivity contribution in [3.63, 3.8) is 0 Å². The van der Waals surface area contributed by atoms with Crippen molar-refractivity contribution in [3.05, 3.63) is 35.6 Å². The molecule has 1 fully saturated rings. The van der Waals surface area contributed by atoms with Crippen LogP contribution in [-0.4, -0.2) is 13.1 Å². The minimum atomic E-state index is -0.0416. The number of halogens is 1. The van der Waals surface area contributed by atoms with Crippen LogP contribution in [0.15, 0.2) is 24.3 Å². The van der Waals surface area contributed by atoms with Gasteiger partial charge in [0, 0.05) is 0 Å². The largest absolute Gasteiger partial charge is 0.316 e. The van der Waals surface area contributed by atoms with Crippen LogP contribution in [0.5, 0.6) is 0 Å². The zero-order valence-corrected chi connectivity index (χ0v) is 10.0. The number of hydrogen-bond donors (Lipinski definition) is 1. The summed E-state index contributed by atoms with van der Waals surface area (Å²) in [4.78, 5) is 0. The normalized spacial score (nSPS) is 26.0. The monoisotopic (exact) mass is 221 g/mol. The number of nitrogens with one attached hydrogen (secondary N) is 1. The molecule has 88 valence electrons. The maximum Gasteiger partial charge on any atom is 0.126 e. The predicted octanol–water partition coefficient (Wildman–Crippen LogP) is 3.17. The smallest absolute Gasteiger partial charge is 0.126 e. The molecule has 1 heterocycles. The van der Waals surface area contributed by atoms with Gasteiger partial charge in [0.1, 0.15) is 5.82 Å². The van der Waals surface area contributed by atoms with Crippen LogP contribution in [0.25, 0.3) is 0 Å². The summed E-state index contributed by atoms with van der Waals surface area (Å²) in [5.74, 6) is 1.48. The molecule has 1 nitrogen and oxygen atoms in total. The van der Waals surface area contributed by atoms with E-state index in [0.717, 1.165) is 25.1 Å². The molecule has 0 amide bonds. The summed E-state index contributed by atoms with van der Waals surface area (Å²) in [5, 5.41) is 3.41. The van der Waals surface area contributed by atoms with Crippen molar-refractivity contribution in [2.75, 3.05) is 13.1 Å². The SMILES string of the molecule is CC(C)C1CNCCC1c1ccccc1F. The van der Waals surface area contributed by atoms with Crippen LogP contribution in [0.3, 0.4) is 0 Å². The molecule has 0 radical (unpaired) electrons. The van der Waals surface area contributed by atoms with Crippen LogP contribution in [-0.2, 0) is 0 Å². The van der Waals surface area contributed by atoms with E-state index in [1.165, 1.54) is 0 Å². The second-order valence-corrected chi connectivity index (χ2v) is 5.03. The third-order valence-corrected chi connectivity index (χ3v) is 3.69. The number of piperidine rings is 1.